The molecule has 122 valence electrons. The van der Waals surface area contributed by atoms with Crippen LogP contribution in [0.15, 0.2) is 47.1 Å². The Balaban J connectivity index is 2.16. The topological polar surface area (TPSA) is 79.5 Å². The van der Waals surface area contributed by atoms with E-state index in [9.17, 15) is 14.7 Å². The number of carboxylic acids is 1. The van der Waals surface area contributed by atoms with Gasteiger partial charge in [-0.25, -0.2) is 4.79 Å². The highest BCUT2D eigenvalue weighted by molar-refractivity contribution is 6.30. The quantitative estimate of drug-likeness (QED) is 0.813. The number of benzene rings is 1. The monoisotopic (exact) mass is 335 g/mol. The van der Waals surface area contributed by atoms with Crippen LogP contribution in [0.4, 0.5) is 0 Å². The van der Waals surface area contributed by atoms with Crippen LogP contribution in [-0.4, -0.2) is 17.0 Å². The van der Waals surface area contributed by atoms with E-state index < -0.39 is 11.5 Å². The van der Waals surface area contributed by atoms with E-state index in [1.54, 1.807) is 43.3 Å². The zero-order chi connectivity index (χ0) is 16.9. The molecule has 1 aromatic carbocycles. The minimum atomic E-state index is -1.47. The maximum absolute atomic E-state index is 12.2. The van der Waals surface area contributed by atoms with Crippen molar-refractivity contribution in [3.8, 4) is 0 Å². The fraction of sp³-hybridized carbons (Fsp3) is 0.294. The summed E-state index contributed by atoms with van der Waals surface area (Å²) in [5, 5.41) is 12.8. The largest absolute Gasteiger partial charge is 0.479 e. The van der Waals surface area contributed by atoms with E-state index in [2.05, 4.69) is 5.32 Å². The van der Waals surface area contributed by atoms with Gasteiger partial charge in [0.1, 0.15) is 5.76 Å². The van der Waals surface area contributed by atoms with Crippen LogP contribution in [0.25, 0.3) is 0 Å². The molecule has 1 unspecified atom stereocenters. The molecule has 1 heterocycles. The van der Waals surface area contributed by atoms with Crippen molar-refractivity contribution in [1.29, 1.82) is 0 Å². The van der Waals surface area contributed by atoms with E-state index in [4.69, 9.17) is 16.0 Å². The summed E-state index contributed by atoms with van der Waals surface area (Å²) in [6.07, 6.45) is 2.32. The Kier molecular flexibility index (Phi) is 5.45. The standard InChI is InChI=1S/C17H18ClNO4/c1-2-17(16(21)22,12-5-7-13(18)8-6-12)19-15(20)10-9-14-4-3-11-23-14/h3-8,11H,2,9-10H2,1H3,(H,19,20)(H,21,22). The van der Waals surface area contributed by atoms with Crippen molar-refractivity contribution in [2.24, 2.45) is 0 Å². The minimum absolute atomic E-state index is 0.149. The molecule has 23 heavy (non-hydrogen) atoms. The molecule has 0 aliphatic rings. The fourth-order valence-electron chi connectivity index (χ4n) is 2.42. The smallest absolute Gasteiger partial charge is 0.334 e. The molecule has 0 saturated heterocycles. The van der Waals surface area contributed by atoms with Crippen molar-refractivity contribution >= 4 is 23.5 Å². The third-order valence-electron chi connectivity index (χ3n) is 3.76. The van der Waals surface area contributed by atoms with Crippen LogP contribution >= 0.6 is 11.6 Å². The van der Waals surface area contributed by atoms with Gasteiger partial charge >= 0.3 is 5.97 Å². The average Bonchev–Trinajstić information content (AvgIpc) is 3.05. The normalized spacial score (nSPS) is 13.3. The maximum Gasteiger partial charge on any atom is 0.334 e. The number of aliphatic carboxylic acids is 1. The Morgan fingerprint density at radius 2 is 1.96 bits per heavy atom. The SMILES string of the molecule is CCC(NC(=O)CCc1ccco1)(C(=O)O)c1ccc(Cl)cc1. The summed E-state index contributed by atoms with van der Waals surface area (Å²) in [6, 6.07) is 9.98. The number of aryl methyl sites for hydroxylation is 1. The van der Waals surface area contributed by atoms with Gasteiger partial charge in [-0.2, -0.15) is 0 Å². The molecule has 0 spiro atoms. The summed E-state index contributed by atoms with van der Waals surface area (Å²) in [4.78, 5) is 24.1. The Morgan fingerprint density at radius 1 is 1.26 bits per heavy atom. The number of furan rings is 1. The second-order valence-corrected chi connectivity index (χ2v) is 5.63. The van der Waals surface area contributed by atoms with E-state index in [0.29, 0.717) is 22.8 Å². The van der Waals surface area contributed by atoms with Gasteiger partial charge in [-0.05, 0) is 36.2 Å². The number of amides is 1. The number of hydrogen-bond donors (Lipinski definition) is 2. The molecule has 1 amide bonds. The highest BCUT2D eigenvalue weighted by Crippen LogP contribution is 2.27. The predicted molar refractivity (Wildman–Crippen MR) is 86.2 cm³/mol. The second kappa shape index (κ2) is 7.33. The third-order valence-corrected chi connectivity index (χ3v) is 4.02. The average molecular weight is 336 g/mol. The van der Waals surface area contributed by atoms with Crippen LogP contribution < -0.4 is 5.32 Å². The molecule has 0 aliphatic heterocycles. The van der Waals surface area contributed by atoms with Gasteiger partial charge in [-0.15, -0.1) is 0 Å². The Morgan fingerprint density at radius 3 is 2.48 bits per heavy atom. The van der Waals surface area contributed by atoms with E-state index in [1.165, 1.54) is 6.26 Å². The highest BCUT2D eigenvalue weighted by Gasteiger charge is 2.40. The van der Waals surface area contributed by atoms with Gasteiger partial charge in [0.15, 0.2) is 5.54 Å². The Labute approximate surface area is 139 Å². The summed E-state index contributed by atoms with van der Waals surface area (Å²) >= 11 is 5.85. The molecule has 2 rings (SSSR count). The molecule has 2 N–H and O–H groups in total. The number of nitrogens with one attached hydrogen (secondary N) is 1. The van der Waals surface area contributed by atoms with Crippen LogP contribution in [0, 0.1) is 0 Å². The summed E-state index contributed by atoms with van der Waals surface area (Å²) in [5.41, 5.74) is -0.978. The summed E-state index contributed by atoms with van der Waals surface area (Å²) < 4.78 is 5.17. The van der Waals surface area contributed by atoms with E-state index in [0.717, 1.165) is 0 Å². The molecule has 1 aromatic heterocycles. The third kappa shape index (κ3) is 3.93. The van der Waals surface area contributed by atoms with Crippen LogP contribution in [0.2, 0.25) is 5.02 Å². The van der Waals surface area contributed by atoms with Crippen molar-refractivity contribution in [1.82, 2.24) is 5.32 Å². The molecule has 0 bridgehead atoms. The van der Waals surface area contributed by atoms with Crippen LogP contribution in [0.5, 0.6) is 0 Å². The lowest BCUT2D eigenvalue weighted by molar-refractivity contribution is -0.148. The lowest BCUT2D eigenvalue weighted by Gasteiger charge is -2.30. The molecule has 5 nitrogen and oxygen atoms in total. The fourth-order valence-corrected chi connectivity index (χ4v) is 2.55. The first-order valence-corrected chi connectivity index (χ1v) is 7.68. The first-order valence-electron chi connectivity index (χ1n) is 7.31. The van der Waals surface area contributed by atoms with Gasteiger partial charge in [0.25, 0.3) is 0 Å². The summed E-state index contributed by atoms with van der Waals surface area (Å²) in [5.74, 6) is -0.765. The van der Waals surface area contributed by atoms with Gasteiger partial charge in [-0.3, -0.25) is 4.79 Å². The minimum Gasteiger partial charge on any atom is -0.479 e. The first-order chi connectivity index (χ1) is 11.0. The molecule has 6 heteroatoms. The Hall–Kier alpha value is -2.27. The molecular weight excluding hydrogens is 318 g/mol. The van der Waals surface area contributed by atoms with Crippen molar-refractivity contribution in [3.63, 3.8) is 0 Å². The molecular formula is C17H18ClNO4. The number of halogens is 1. The summed E-state index contributed by atoms with van der Waals surface area (Å²) in [6.45, 7) is 1.72. The number of carboxylic acid groups (broad SMARTS) is 1. The number of carbonyl (C=O) groups excluding carboxylic acids is 1. The van der Waals surface area contributed by atoms with E-state index >= 15 is 0 Å². The van der Waals surface area contributed by atoms with E-state index in [-0.39, 0.29) is 18.7 Å². The van der Waals surface area contributed by atoms with Gasteiger partial charge in [0.05, 0.1) is 6.26 Å². The van der Waals surface area contributed by atoms with Gasteiger partial charge < -0.3 is 14.8 Å². The highest BCUT2D eigenvalue weighted by atomic mass is 35.5. The van der Waals surface area contributed by atoms with Crippen molar-refractivity contribution in [3.05, 3.63) is 59.0 Å². The van der Waals surface area contributed by atoms with Crippen molar-refractivity contribution < 1.29 is 19.1 Å². The second-order valence-electron chi connectivity index (χ2n) is 5.20. The van der Waals surface area contributed by atoms with Crippen LogP contribution in [-0.2, 0) is 21.5 Å². The number of hydrogen-bond acceptors (Lipinski definition) is 3. The number of carbonyl (C=O) groups is 2. The van der Waals surface area contributed by atoms with E-state index in [1.807, 2.05) is 0 Å². The molecule has 0 fully saturated rings. The Bertz CT molecular complexity index is 666. The number of rotatable bonds is 7. The lowest BCUT2D eigenvalue weighted by Crippen LogP contribution is -2.51. The molecule has 0 radical (unpaired) electrons. The van der Waals surface area contributed by atoms with Gasteiger partial charge in [-0.1, -0.05) is 30.7 Å². The van der Waals surface area contributed by atoms with Crippen LogP contribution in [0.1, 0.15) is 31.1 Å². The van der Waals surface area contributed by atoms with Crippen molar-refractivity contribution in [2.45, 2.75) is 31.7 Å². The maximum atomic E-state index is 12.2. The summed E-state index contributed by atoms with van der Waals surface area (Å²) in [7, 11) is 0. The molecule has 0 saturated carbocycles. The van der Waals surface area contributed by atoms with Crippen molar-refractivity contribution in [2.75, 3.05) is 0 Å². The van der Waals surface area contributed by atoms with Crippen LogP contribution in [0.3, 0.4) is 0 Å². The predicted octanol–water partition coefficient (Wildman–Crippen LogP) is 3.37. The first kappa shape index (κ1) is 17.1. The van der Waals surface area contributed by atoms with Gasteiger partial charge in [0, 0.05) is 17.9 Å². The zero-order valence-electron chi connectivity index (χ0n) is 12.7. The lowest BCUT2D eigenvalue weighted by atomic mass is 9.87. The molecule has 0 aliphatic carbocycles. The van der Waals surface area contributed by atoms with Gasteiger partial charge in [0.2, 0.25) is 5.91 Å². The molecule has 2 aromatic rings. The molecule has 1 atom stereocenters. The zero-order valence-corrected chi connectivity index (χ0v) is 13.5.